The summed E-state index contributed by atoms with van der Waals surface area (Å²) in [6.07, 6.45) is 0.477. The number of ether oxygens (including phenoxy) is 1. The van der Waals surface area contributed by atoms with E-state index in [1.807, 2.05) is 37.4 Å². The Hall–Kier alpha value is -1.59. The van der Waals surface area contributed by atoms with Crippen molar-refractivity contribution in [1.29, 1.82) is 0 Å². The normalized spacial score (nSPS) is 15.5. The number of nitrogens with zero attached hydrogens (tertiary/aromatic N) is 2. The van der Waals surface area contributed by atoms with Crippen LogP contribution in [-0.2, 0) is 4.74 Å². The number of nitrogens with two attached hydrogens (primary N) is 1. The Labute approximate surface area is 114 Å². The molecule has 1 rings (SSSR count). The van der Waals surface area contributed by atoms with E-state index in [-0.39, 0.29) is 17.9 Å². The number of hydrogen-bond donors (Lipinski definition) is 2. The molecule has 0 aliphatic carbocycles. The van der Waals surface area contributed by atoms with E-state index in [0.29, 0.717) is 13.0 Å². The third-order valence-corrected chi connectivity index (χ3v) is 3.31. The van der Waals surface area contributed by atoms with E-state index in [9.17, 15) is 0 Å². The molecule has 2 atom stereocenters. The minimum atomic E-state index is 0.0576. The molecule has 1 aromatic carbocycles. The fraction of sp³-hybridized carbons (Fsp3) is 0.500. The van der Waals surface area contributed by atoms with E-state index in [2.05, 4.69) is 17.0 Å². The summed E-state index contributed by atoms with van der Waals surface area (Å²) < 4.78 is 5.19. The largest absolute Gasteiger partial charge is 0.409 e. The van der Waals surface area contributed by atoms with E-state index in [1.165, 1.54) is 0 Å². The van der Waals surface area contributed by atoms with Crippen LogP contribution in [0.4, 0.5) is 0 Å². The third-order valence-electron chi connectivity index (χ3n) is 3.31. The van der Waals surface area contributed by atoms with Gasteiger partial charge >= 0.3 is 0 Å². The average molecular weight is 265 g/mol. The summed E-state index contributed by atoms with van der Waals surface area (Å²) in [6.45, 7) is 2.72. The van der Waals surface area contributed by atoms with Crippen molar-refractivity contribution in [2.24, 2.45) is 10.9 Å². The Balaban J connectivity index is 2.92. The number of amidine groups is 1. The Morgan fingerprint density at radius 3 is 2.58 bits per heavy atom. The van der Waals surface area contributed by atoms with Crippen LogP contribution in [0, 0.1) is 0 Å². The van der Waals surface area contributed by atoms with Crippen LogP contribution in [0.3, 0.4) is 0 Å². The molecule has 0 saturated heterocycles. The molecule has 0 amide bonds. The van der Waals surface area contributed by atoms with Crippen molar-refractivity contribution in [3.05, 3.63) is 35.9 Å². The van der Waals surface area contributed by atoms with Gasteiger partial charge in [-0.05, 0) is 19.5 Å². The molecule has 106 valence electrons. The van der Waals surface area contributed by atoms with Crippen molar-refractivity contribution in [3.63, 3.8) is 0 Å². The zero-order valence-electron chi connectivity index (χ0n) is 11.8. The van der Waals surface area contributed by atoms with Gasteiger partial charge in [-0.15, -0.1) is 0 Å². The SMILES string of the molecule is COCC(C)N(C)C(CC(N)=NO)c1ccccc1. The summed E-state index contributed by atoms with van der Waals surface area (Å²) in [5.41, 5.74) is 6.80. The summed E-state index contributed by atoms with van der Waals surface area (Å²) in [7, 11) is 3.71. The van der Waals surface area contributed by atoms with E-state index in [4.69, 9.17) is 15.7 Å². The van der Waals surface area contributed by atoms with E-state index >= 15 is 0 Å². The number of methoxy groups -OCH3 is 1. The number of hydrogen-bond acceptors (Lipinski definition) is 4. The molecule has 0 aliphatic rings. The van der Waals surface area contributed by atoms with Gasteiger partial charge in [0.2, 0.25) is 0 Å². The molecule has 0 radical (unpaired) electrons. The number of rotatable bonds is 7. The zero-order chi connectivity index (χ0) is 14.3. The van der Waals surface area contributed by atoms with Crippen molar-refractivity contribution in [2.45, 2.75) is 25.4 Å². The lowest BCUT2D eigenvalue weighted by Gasteiger charge is -2.33. The van der Waals surface area contributed by atoms with E-state index in [1.54, 1.807) is 7.11 Å². The van der Waals surface area contributed by atoms with Gasteiger partial charge in [0.05, 0.1) is 6.61 Å². The van der Waals surface area contributed by atoms with Gasteiger partial charge in [0.15, 0.2) is 0 Å². The van der Waals surface area contributed by atoms with Gasteiger partial charge in [0.25, 0.3) is 0 Å². The maximum absolute atomic E-state index is 8.77. The predicted molar refractivity (Wildman–Crippen MR) is 76.3 cm³/mol. The molecule has 19 heavy (non-hydrogen) atoms. The first-order chi connectivity index (χ1) is 9.10. The minimum absolute atomic E-state index is 0.0576. The maximum atomic E-state index is 8.77. The maximum Gasteiger partial charge on any atom is 0.141 e. The summed E-state index contributed by atoms with van der Waals surface area (Å²) in [5, 5.41) is 11.9. The minimum Gasteiger partial charge on any atom is -0.409 e. The molecular weight excluding hydrogens is 242 g/mol. The molecule has 0 aliphatic heterocycles. The molecule has 0 heterocycles. The van der Waals surface area contributed by atoms with Gasteiger partial charge in [-0.2, -0.15) is 0 Å². The number of oxime groups is 1. The molecular formula is C14H23N3O2. The number of benzene rings is 1. The van der Waals surface area contributed by atoms with Gasteiger partial charge < -0.3 is 15.7 Å². The smallest absolute Gasteiger partial charge is 0.141 e. The summed E-state index contributed by atoms with van der Waals surface area (Å²) >= 11 is 0. The lowest BCUT2D eigenvalue weighted by molar-refractivity contribution is 0.0903. The average Bonchev–Trinajstić information content (AvgIpc) is 2.44. The van der Waals surface area contributed by atoms with Crippen LogP contribution in [0.1, 0.15) is 24.9 Å². The van der Waals surface area contributed by atoms with Crippen LogP contribution in [0.15, 0.2) is 35.5 Å². The summed E-state index contributed by atoms with van der Waals surface area (Å²) in [5.74, 6) is 0.227. The quantitative estimate of drug-likeness (QED) is 0.341. The third kappa shape index (κ3) is 4.54. The molecule has 3 N–H and O–H groups in total. The van der Waals surface area contributed by atoms with Crippen LogP contribution in [0.2, 0.25) is 0 Å². The van der Waals surface area contributed by atoms with Gasteiger partial charge in [-0.1, -0.05) is 35.5 Å². The van der Waals surface area contributed by atoms with Crippen LogP contribution in [0.25, 0.3) is 0 Å². The highest BCUT2D eigenvalue weighted by molar-refractivity contribution is 5.80. The zero-order valence-corrected chi connectivity index (χ0v) is 11.8. The van der Waals surface area contributed by atoms with Crippen molar-refractivity contribution < 1.29 is 9.94 Å². The lowest BCUT2D eigenvalue weighted by Crippen LogP contribution is -2.38. The fourth-order valence-corrected chi connectivity index (χ4v) is 2.08. The van der Waals surface area contributed by atoms with Gasteiger partial charge in [-0.3, -0.25) is 4.90 Å². The van der Waals surface area contributed by atoms with Crippen LogP contribution in [-0.4, -0.2) is 42.7 Å². The van der Waals surface area contributed by atoms with Crippen LogP contribution < -0.4 is 5.73 Å². The Morgan fingerprint density at radius 1 is 1.42 bits per heavy atom. The highest BCUT2D eigenvalue weighted by atomic mass is 16.5. The fourth-order valence-electron chi connectivity index (χ4n) is 2.08. The first-order valence-corrected chi connectivity index (χ1v) is 6.32. The van der Waals surface area contributed by atoms with E-state index in [0.717, 1.165) is 5.56 Å². The highest BCUT2D eigenvalue weighted by Crippen LogP contribution is 2.24. The summed E-state index contributed by atoms with van der Waals surface area (Å²) in [6, 6.07) is 10.3. The molecule has 5 heteroatoms. The van der Waals surface area contributed by atoms with Gasteiger partial charge in [-0.25, -0.2) is 0 Å². The number of likely N-dealkylation sites (N-methyl/N-ethyl adjacent to an activating group) is 1. The Kier molecular flexibility index (Phi) is 6.32. The Bertz CT molecular complexity index is 395. The molecule has 0 saturated carbocycles. The molecule has 0 bridgehead atoms. The molecule has 0 fully saturated rings. The predicted octanol–water partition coefficient (Wildman–Crippen LogP) is 1.83. The molecule has 5 nitrogen and oxygen atoms in total. The van der Waals surface area contributed by atoms with Gasteiger partial charge in [0, 0.05) is 25.6 Å². The monoisotopic (exact) mass is 265 g/mol. The standard InChI is InChI=1S/C14H23N3O2/c1-11(10-19-3)17(2)13(9-14(15)16-18)12-7-5-4-6-8-12/h4-8,11,13,18H,9-10H2,1-3H3,(H2,15,16). The van der Waals surface area contributed by atoms with Crippen molar-refractivity contribution in [2.75, 3.05) is 20.8 Å². The second kappa shape index (κ2) is 7.76. The first-order valence-electron chi connectivity index (χ1n) is 6.32. The Morgan fingerprint density at radius 2 is 2.05 bits per heavy atom. The molecule has 1 aromatic rings. The molecule has 0 aromatic heterocycles. The first kappa shape index (κ1) is 15.5. The van der Waals surface area contributed by atoms with Gasteiger partial charge in [0.1, 0.15) is 5.84 Å². The lowest BCUT2D eigenvalue weighted by atomic mass is 10.0. The topological polar surface area (TPSA) is 71.1 Å². The van der Waals surface area contributed by atoms with Crippen LogP contribution >= 0.6 is 0 Å². The van der Waals surface area contributed by atoms with Crippen molar-refractivity contribution in [1.82, 2.24) is 4.90 Å². The summed E-state index contributed by atoms with van der Waals surface area (Å²) in [4.78, 5) is 2.18. The van der Waals surface area contributed by atoms with Crippen molar-refractivity contribution >= 4 is 5.84 Å². The molecule has 2 unspecified atom stereocenters. The second-order valence-corrected chi connectivity index (χ2v) is 4.69. The van der Waals surface area contributed by atoms with Crippen molar-refractivity contribution in [3.8, 4) is 0 Å². The van der Waals surface area contributed by atoms with E-state index < -0.39 is 0 Å². The second-order valence-electron chi connectivity index (χ2n) is 4.69. The van der Waals surface area contributed by atoms with Crippen LogP contribution in [0.5, 0.6) is 0 Å². The molecule has 0 spiro atoms. The highest BCUT2D eigenvalue weighted by Gasteiger charge is 2.22.